The summed E-state index contributed by atoms with van der Waals surface area (Å²) in [6.07, 6.45) is 3.67. The molecule has 0 N–H and O–H groups in total. The molecule has 0 bridgehead atoms. The fraction of sp³-hybridized carbons (Fsp3) is 0.0556. The predicted octanol–water partition coefficient (Wildman–Crippen LogP) is 7.82. The van der Waals surface area contributed by atoms with Crippen LogP contribution >= 0.6 is 0 Å². The second-order valence-corrected chi connectivity index (χ2v) is 14.9. The van der Waals surface area contributed by atoms with E-state index in [4.69, 9.17) is 9.97 Å². The first-order valence-electron chi connectivity index (χ1n) is 13.8. The van der Waals surface area contributed by atoms with E-state index in [1.807, 2.05) is 60.9 Å². The maximum Gasteiger partial charge on any atom is 2.00 e. The number of nitrogens with zero attached hydrogens (tertiary/aromatic N) is 4. The van der Waals surface area contributed by atoms with E-state index < -0.39 is 8.07 Å². The van der Waals surface area contributed by atoms with Gasteiger partial charge in [0.05, 0.1) is 0 Å². The minimum Gasteiger partial charge on any atom is -0.314 e. The van der Waals surface area contributed by atoms with Gasteiger partial charge in [-0.3, -0.25) is 0 Å². The average Bonchev–Trinajstić information content (AvgIpc) is 3.25. The van der Waals surface area contributed by atoms with Crippen LogP contribution in [0.5, 0.6) is 0 Å². The maximum absolute atomic E-state index is 4.70. The van der Waals surface area contributed by atoms with E-state index in [-0.39, 0.29) is 21.1 Å². The molecule has 1 aliphatic rings. The molecular weight excluding hydrogens is 712 g/mol. The van der Waals surface area contributed by atoms with E-state index in [9.17, 15) is 0 Å². The van der Waals surface area contributed by atoms with Gasteiger partial charge in [0.15, 0.2) is 0 Å². The molecule has 6 heteroatoms. The van der Waals surface area contributed by atoms with Crippen LogP contribution < -0.4 is 20.2 Å². The van der Waals surface area contributed by atoms with Crippen molar-refractivity contribution < 1.29 is 21.1 Å². The number of hydrogen-bond donors (Lipinski definition) is 0. The van der Waals surface area contributed by atoms with Crippen LogP contribution in [0.15, 0.2) is 134 Å². The number of benzene rings is 4. The first kappa shape index (κ1) is 27.8. The fourth-order valence-corrected chi connectivity index (χ4v) is 8.64. The Hall–Kier alpha value is -4.31. The van der Waals surface area contributed by atoms with Gasteiger partial charge >= 0.3 is 21.1 Å². The minimum atomic E-state index is -1.94. The Bertz CT molecular complexity index is 1600. The molecule has 3 heterocycles. The van der Waals surface area contributed by atoms with Crippen molar-refractivity contribution in [2.75, 3.05) is 9.80 Å². The van der Waals surface area contributed by atoms with Crippen molar-refractivity contribution in [3.8, 4) is 11.1 Å². The molecule has 0 saturated carbocycles. The molecule has 4 aromatic carbocycles. The number of fused-ring (bicyclic) bond motifs is 3. The van der Waals surface area contributed by atoms with Crippen molar-refractivity contribution in [3.05, 3.63) is 146 Å². The zero-order chi connectivity index (χ0) is 27.8. The second-order valence-electron chi connectivity index (χ2n) is 10.6. The van der Waals surface area contributed by atoms with Gasteiger partial charge in [-0.1, -0.05) is 61.6 Å². The summed E-state index contributed by atoms with van der Waals surface area (Å²) in [5.74, 6) is 1.71. The van der Waals surface area contributed by atoms with Crippen LogP contribution in [-0.2, 0) is 21.1 Å². The van der Waals surface area contributed by atoms with Crippen molar-refractivity contribution in [2.24, 2.45) is 0 Å². The first-order valence-corrected chi connectivity index (χ1v) is 16.8. The normalized spacial score (nSPS) is 12.5. The van der Waals surface area contributed by atoms with Crippen LogP contribution in [0.4, 0.5) is 34.4 Å². The molecule has 0 unspecified atom stereocenters. The van der Waals surface area contributed by atoms with E-state index in [0.717, 1.165) is 45.5 Å². The third-order valence-corrected chi connectivity index (χ3v) is 11.3. The third kappa shape index (κ3) is 4.89. The first-order chi connectivity index (χ1) is 20.1. The zero-order valence-electron chi connectivity index (χ0n) is 23.3. The Labute approximate surface area is 262 Å². The number of hydrogen-bond acceptors (Lipinski definition) is 4. The average molecular weight is 740 g/mol. The Morgan fingerprint density at radius 3 is 1.29 bits per heavy atom. The van der Waals surface area contributed by atoms with Gasteiger partial charge in [0.2, 0.25) is 0 Å². The summed E-state index contributed by atoms with van der Waals surface area (Å²) in [6.45, 7) is 4.83. The summed E-state index contributed by atoms with van der Waals surface area (Å²) < 4.78 is 0. The molecule has 1 aliphatic heterocycles. The van der Waals surface area contributed by atoms with Crippen molar-refractivity contribution >= 4 is 52.8 Å². The van der Waals surface area contributed by atoms with Gasteiger partial charge in [-0.15, -0.1) is 12.1 Å². The van der Waals surface area contributed by atoms with Gasteiger partial charge in [0, 0.05) is 23.8 Å². The van der Waals surface area contributed by atoms with E-state index in [2.05, 4.69) is 108 Å². The van der Waals surface area contributed by atoms with Crippen molar-refractivity contribution in [1.29, 1.82) is 0 Å². The molecule has 206 valence electrons. The Morgan fingerprint density at radius 1 is 0.500 bits per heavy atom. The van der Waals surface area contributed by atoms with Crippen LogP contribution in [0.1, 0.15) is 0 Å². The monoisotopic (exact) mass is 739 g/mol. The summed E-state index contributed by atoms with van der Waals surface area (Å²) in [4.78, 5) is 13.7. The molecule has 0 radical (unpaired) electrons. The molecule has 0 atom stereocenters. The Kier molecular flexibility index (Phi) is 7.63. The zero-order valence-corrected chi connectivity index (χ0v) is 26.6. The molecule has 0 aliphatic carbocycles. The van der Waals surface area contributed by atoms with Crippen LogP contribution in [0.2, 0.25) is 13.1 Å². The molecule has 4 nitrogen and oxygen atoms in total. The third-order valence-electron chi connectivity index (χ3n) is 7.72. The van der Waals surface area contributed by atoms with Gasteiger partial charge < -0.3 is 9.80 Å². The summed E-state index contributed by atoms with van der Waals surface area (Å²) in [5, 5.41) is 2.76. The molecule has 0 saturated heterocycles. The van der Waals surface area contributed by atoms with Crippen LogP contribution in [-0.4, -0.2) is 18.0 Å². The molecule has 2 aromatic heterocycles. The van der Waals surface area contributed by atoms with Gasteiger partial charge in [0.1, 0.15) is 11.6 Å². The molecule has 0 amide bonds. The summed E-state index contributed by atoms with van der Waals surface area (Å²) in [6, 6.07) is 49.4. The van der Waals surface area contributed by atoms with E-state index in [1.165, 1.54) is 10.4 Å². The maximum atomic E-state index is 4.70. The molecule has 0 spiro atoms. The standard InChI is InChI=1S/C36H28N4Si.Pt/c1-41(2)33-21-19-29(39(27-13-5-3-6-14-27)35-17-9-11-23-37-35)25-31(33)32-26-30(20-22-34(32)41)40(28-15-7-4-8-16-28)36-18-10-12-24-38-36;/h3-24H,1-2H3;/q-2;+2. The summed E-state index contributed by atoms with van der Waals surface area (Å²) in [5.41, 5.74) is 6.24. The minimum absolute atomic E-state index is 0. The van der Waals surface area contributed by atoms with Gasteiger partial charge in [0.25, 0.3) is 0 Å². The van der Waals surface area contributed by atoms with Crippen molar-refractivity contribution in [2.45, 2.75) is 13.1 Å². The van der Waals surface area contributed by atoms with E-state index >= 15 is 0 Å². The van der Waals surface area contributed by atoms with Crippen LogP contribution in [0.3, 0.4) is 0 Å². The van der Waals surface area contributed by atoms with Gasteiger partial charge in [-0.25, -0.2) is 21.1 Å². The smallest absolute Gasteiger partial charge is 0.314 e. The van der Waals surface area contributed by atoms with Gasteiger partial charge in [-0.05, 0) is 68.0 Å². The van der Waals surface area contributed by atoms with Crippen LogP contribution in [0.25, 0.3) is 11.1 Å². The predicted molar refractivity (Wildman–Crippen MR) is 171 cm³/mol. The molecule has 0 fully saturated rings. The van der Waals surface area contributed by atoms with E-state index in [0.29, 0.717) is 0 Å². The number of pyridine rings is 2. The number of rotatable bonds is 6. The Balaban J connectivity index is 0.00000316. The SMILES string of the molecule is C[Si]1(C)c2ccc(N(c3ccccc3)c3ccccn3)[c-]c2-c2[c-]c(N(c3ccccc3)c3ccccn3)ccc21.[Pt+2]. The van der Waals surface area contributed by atoms with Crippen molar-refractivity contribution in [3.63, 3.8) is 0 Å². The van der Waals surface area contributed by atoms with E-state index in [1.54, 1.807) is 0 Å². The molecular formula is C36H28N4PtSi. The topological polar surface area (TPSA) is 32.3 Å². The summed E-state index contributed by atoms with van der Waals surface area (Å²) >= 11 is 0. The molecule has 6 aromatic rings. The largest absolute Gasteiger partial charge is 2.00 e. The number of para-hydroxylation sites is 2. The fourth-order valence-electron chi connectivity index (χ4n) is 5.72. The summed E-state index contributed by atoms with van der Waals surface area (Å²) in [7, 11) is -1.94. The Morgan fingerprint density at radius 2 is 0.905 bits per heavy atom. The van der Waals surface area contributed by atoms with Crippen molar-refractivity contribution in [1.82, 2.24) is 9.97 Å². The second kappa shape index (κ2) is 11.5. The number of aromatic nitrogens is 2. The van der Waals surface area contributed by atoms with Crippen LogP contribution in [0, 0.1) is 12.1 Å². The quantitative estimate of drug-likeness (QED) is 0.129. The molecule has 42 heavy (non-hydrogen) atoms. The molecule has 7 rings (SSSR count). The number of anilines is 6. The van der Waals surface area contributed by atoms with Gasteiger partial charge in [-0.2, -0.15) is 34.6 Å².